The van der Waals surface area contributed by atoms with E-state index < -0.39 is 11.3 Å². The summed E-state index contributed by atoms with van der Waals surface area (Å²) in [4.78, 5) is 0. The summed E-state index contributed by atoms with van der Waals surface area (Å²) < 4.78 is 18.7. The predicted octanol–water partition coefficient (Wildman–Crippen LogP) is 3.04. The van der Waals surface area contributed by atoms with Crippen molar-refractivity contribution in [1.29, 1.82) is 0 Å². The number of nitrogens with one attached hydrogen (secondary N) is 1. The molecule has 3 nitrogen and oxygen atoms in total. The molecule has 0 aliphatic rings. The van der Waals surface area contributed by atoms with Crippen LogP contribution in [0.15, 0.2) is 42.5 Å². The Hall–Kier alpha value is -1.39. The Morgan fingerprint density at radius 1 is 1.06 bits per heavy atom. The number of fused-ring (bicyclic) bond motifs is 1. The first-order valence-corrected chi connectivity index (χ1v) is 6.63. The Kier molecular flexibility index (Phi) is 5.66. The molecule has 0 aromatic heterocycles. The quantitative estimate of drug-likeness (QED) is 0.910. The van der Waals surface area contributed by atoms with E-state index in [-0.39, 0.29) is 0 Å². The molecule has 0 spiro atoms. The van der Waals surface area contributed by atoms with Gasteiger partial charge in [-0.05, 0) is 30.0 Å². The summed E-state index contributed by atoms with van der Waals surface area (Å²) in [7, 11) is 1.58. The molecule has 1 atom stereocenters. The van der Waals surface area contributed by atoms with Crippen LogP contribution in [-0.2, 0) is 11.3 Å². The van der Waals surface area contributed by atoms with Crippen LogP contribution < -0.4 is 8.91 Å². The Morgan fingerprint density at radius 3 is 2.35 bits per heavy atom. The third kappa shape index (κ3) is 3.84. The summed E-state index contributed by atoms with van der Waals surface area (Å²) in [5, 5.41) is 2.21. The lowest BCUT2D eigenvalue weighted by Crippen LogP contribution is -2.16. The minimum atomic E-state index is -1.47. The van der Waals surface area contributed by atoms with Gasteiger partial charge in [0, 0.05) is 0 Å². The fraction of sp³-hybridized carbons (Fsp3) is 0.231. The second-order valence-electron chi connectivity index (χ2n) is 3.03. The lowest BCUT2D eigenvalue weighted by molar-refractivity contribution is 0.554. The zero-order valence-electron chi connectivity index (χ0n) is 10.3. The molecule has 0 radical (unpaired) electrons. The summed E-state index contributed by atoms with van der Waals surface area (Å²) in [6.07, 6.45) is 0. The van der Waals surface area contributed by atoms with Gasteiger partial charge in [-0.15, -0.1) is 0 Å². The van der Waals surface area contributed by atoms with Crippen LogP contribution in [0, 0.1) is 0 Å². The molecular weight excluding hydrogens is 234 g/mol. The molecule has 0 amide bonds. The zero-order chi connectivity index (χ0) is 12.7. The molecule has 92 valence electrons. The topological polar surface area (TPSA) is 38.3 Å². The smallest absolute Gasteiger partial charge is 0.287 e. The van der Waals surface area contributed by atoms with Gasteiger partial charge in [-0.3, -0.25) is 0 Å². The van der Waals surface area contributed by atoms with Gasteiger partial charge in [-0.2, -0.15) is 4.21 Å². The largest absolute Gasteiger partial charge is 0.389 e. The summed E-state index contributed by atoms with van der Waals surface area (Å²) in [5.74, 6) is 0.599. The minimum absolute atomic E-state index is 0.599. The van der Waals surface area contributed by atoms with E-state index in [2.05, 4.69) is 4.72 Å². The Balaban J connectivity index is 0.000000686. The average molecular weight is 251 g/mol. The van der Waals surface area contributed by atoms with Crippen molar-refractivity contribution in [1.82, 2.24) is 4.72 Å². The van der Waals surface area contributed by atoms with E-state index in [1.165, 1.54) is 0 Å². The first kappa shape index (κ1) is 13.7. The van der Waals surface area contributed by atoms with Crippen LogP contribution in [0.5, 0.6) is 5.75 Å². The predicted molar refractivity (Wildman–Crippen MR) is 73.1 cm³/mol. The Labute approximate surface area is 105 Å². The summed E-state index contributed by atoms with van der Waals surface area (Å²) in [6, 6.07) is 13.6. The molecule has 1 unspecified atom stereocenters. The van der Waals surface area contributed by atoms with Crippen LogP contribution in [0.1, 0.15) is 13.8 Å². The maximum Gasteiger partial charge on any atom is 0.287 e. The van der Waals surface area contributed by atoms with Crippen molar-refractivity contribution < 1.29 is 8.39 Å². The highest BCUT2D eigenvalue weighted by atomic mass is 32.2. The standard InChI is InChI=1S/C11H11NO2S.C2H6/c1-12-15(13)14-11-7-6-9-4-2-3-5-10(9)8-11;1-2/h2-8,12H,1H3;1-2H3. The second-order valence-corrected chi connectivity index (χ2v) is 4.08. The lowest BCUT2D eigenvalue weighted by atomic mass is 10.1. The molecule has 0 fully saturated rings. The first-order chi connectivity index (χ1) is 8.29. The number of rotatable bonds is 3. The van der Waals surface area contributed by atoms with Crippen molar-refractivity contribution in [3.8, 4) is 5.75 Å². The molecule has 0 saturated heterocycles. The van der Waals surface area contributed by atoms with Crippen LogP contribution in [0.3, 0.4) is 0 Å². The second kappa shape index (κ2) is 7.04. The maximum atomic E-state index is 11.1. The Bertz CT molecular complexity index is 499. The van der Waals surface area contributed by atoms with E-state index in [0.717, 1.165) is 10.8 Å². The van der Waals surface area contributed by atoms with Crippen LogP contribution in [0.4, 0.5) is 0 Å². The van der Waals surface area contributed by atoms with Gasteiger partial charge in [0.15, 0.2) is 0 Å². The number of hydrogen-bond acceptors (Lipinski definition) is 2. The Morgan fingerprint density at radius 2 is 1.71 bits per heavy atom. The summed E-state index contributed by atoms with van der Waals surface area (Å²) in [5.41, 5.74) is 0. The van der Waals surface area contributed by atoms with Gasteiger partial charge in [0.1, 0.15) is 5.75 Å². The molecule has 2 aromatic carbocycles. The van der Waals surface area contributed by atoms with E-state index in [1.54, 1.807) is 13.1 Å². The molecular formula is C13H17NO2S. The summed E-state index contributed by atoms with van der Waals surface area (Å²) in [6.45, 7) is 4.00. The molecule has 0 bridgehead atoms. The molecule has 4 heteroatoms. The molecule has 17 heavy (non-hydrogen) atoms. The van der Waals surface area contributed by atoms with Gasteiger partial charge in [-0.25, -0.2) is 4.72 Å². The van der Waals surface area contributed by atoms with E-state index >= 15 is 0 Å². The van der Waals surface area contributed by atoms with Crippen molar-refractivity contribution in [3.05, 3.63) is 42.5 Å². The first-order valence-electron chi connectivity index (χ1n) is 5.56. The molecule has 2 aromatic rings. The molecule has 0 saturated carbocycles. The normalized spacial score (nSPS) is 11.5. The van der Waals surface area contributed by atoms with Crippen molar-refractivity contribution in [3.63, 3.8) is 0 Å². The highest BCUT2D eigenvalue weighted by Gasteiger charge is 2.00. The maximum absolute atomic E-state index is 11.1. The van der Waals surface area contributed by atoms with E-state index in [1.807, 2.05) is 50.2 Å². The minimum Gasteiger partial charge on any atom is -0.389 e. The highest BCUT2D eigenvalue weighted by Crippen LogP contribution is 2.20. The fourth-order valence-electron chi connectivity index (χ4n) is 1.35. The number of hydrogen-bond donors (Lipinski definition) is 1. The average Bonchev–Trinajstić information content (AvgIpc) is 2.41. The van der Waals surface area contributed by atoms with Gasteiger partial charge in [-0.1, -0.05) is 44.2 Å². The molecule has 0 aliphatic carbocycles. The van der Waals surface area contributed by atoms with Crippen LogP contribution in [0.2, 0.25) is 0 Å². The van der Waals surface area contributed by atoms with E-state index in [4.69, 9.17) is 4.18 Å². The molecule has 1 N–H and O–H groups in total. The van der Waals surface area contributed by atoms with Crippen molar-refractivity contribution in [2.45, 2.75) is 13.8 Å². The van der Waals surface area contributed by atoms with Crippen LogP contribution in [0.25, 0.3) is 10.8 Å². The van der Waals surface area contributed by atoms with E-state index in [9.17, 15) is 4.21 Å². The molecule has 0 heterocycles. The lowest BCUT2D eigenvalue weighted by Gasteiger charge is -2.04. The molecule has 2 rings (SSSR count). The fourth-order valence-corrected chi connectivity index (χ4v) is 1.71. The summed E-state index contributed by atoms with van der Waals surface area (Å²) >= 11 is -1.47. The van der Waals surface area contributed by atoms with E-state index in [0.29, 0.717) is 5.75 Å². The van der Waals surface area contributed by atoms with Crippen molar-refractivity contribution in [2.24, 2.45) is 0 Å². The van der Waals surface area contributed by atoms with Gasteiger partial charge >= 0.3 is 0 Å². The zero-order valence-corrected chi connectivity index (χ0v) is 11.1. The van der Waals surface area contributed by atoms with Crippen molar-refractivity contribution >= 4 is 22.0 Å². The van der Waals surface area contributed by atoms with Crippen LogP contribution >= 0.6 is 0 Å². The monoisotopic (exact) mass is 251 g/mol. The highest BCUT2D eigenvalue weighted by molar-refractivity contribution is 7.78. The third-order valence-corrected chi connectivity index (χ3v) is 2.74. The third-order valence-electron chi connectivity index (χ3n) is 2.06. The molecule has 0 aliphatic heterocycles. The van der Waals surface area contributed by atoms with Gasteiger partial charge in [0.25, 0.3) is 11.3 Å². The van der Waals surface area contributed by atoms with Gasteiger partial charge in [0.2, 0.25) is 0 Å². The van der Waals surface area contributed by atoms with Crippen molar-refractivity contribution in [2.75, 3.05) is 7.05 Å². The van der Waals surface area contributed by atoms with Gasteiger partial charge in [0.05, 0.1) is 0 Å². The number of benzene rings is 2. The van der Waals surface area contributed by atoms with Crippen LogP contribution in [-0.4, -0.2) is 11.3 Å². The van der Waals surface area contributed by atoms with Gasteiger partial charge < -0.3 is 4.18 Å². The SMILES string of the molecule is CC.CNS(=O)Oc1ccc2ccccc2c1.